The normalized spacial score (nSPS) is 16.1. The topological polar surface area (TPSA) is 85.1 Å². The van der Waals surface area contributed by atoms with Gasteiger partial charge in [-0.2, -0.15) is 0 Å². The van der Waals surface area contributed by atoms with Crippen molar-refractivity contribution in [1.29, 1.82) is 0 Å². The number of nitro benzene ring substituents is 1. The number of non-ortho nitro benzene ring substituents is 1. The molecule has 1 aromatic carbocycles. The Morgan fingerprint density at radius 3 is 2.80 bits per heavy atom. The molecule has 1 saturated carbocycles. The Labute approximate surface area is 117 Å². The van der Waals surface area contributed by atoms with E-state index in [1.54, 1.807) is 18.5 Å². The first-order valence-corrected chi connectivity index (χ1v) is 7.79. The quantitative estimate of drug-likeness (QED) is 0.691. The number of nitrogens with zero attached hydrogens (tertiary/aromatic N) is 2. The zero-order chi connectivity index (χ0) is 14.3. The number of hydrogen-bond acceptors (Lipinski definition) is 5. The molecule has 3 rings (SSSR count). The molecule has 2 aromatic rings. The van der Waals surface area contributed by atoms with Gasteiger partial charge in [-0.15, -0.1) is 0 Å². The van der Waals surface area contributed by atoms with Crippen LogP contribution in [0.15, 0.2) is 29.3 Å². The Morgan fingerprint density at radius 1 is 1.45 bits per heavy atom. The lowest BCUT2D eigenvalue weighted by Crippen LogP contribution is -2.06. The molecule has 1 fully saturated rings. The molecule has 0 saturated heterocycles. The first-order valence-electron chi connectivity index (χ1n) is 6.23. The largest absolute Gasteiger partial charge is 0.381 e. The Morgan fingerprint density at radius 2 is 2.20 bits per heavy atom. The third-order valence-corrected chi connectivity index (χ3v) is 4.19. The fourth-order valence-electron chi connectivity index (χ4n) is 2.07. The summed E-state index contributed by atoms with van der Waals surface area (Å²) in [6.45, 7) is 0. The fourth-order valence-corrected chi connectivity index (χ4v) is 2.73. The van der Waals surface area contributed by atoms with E-state index in [1.165, 1.54) is 12.1 Å². The zero-order valence-electron chi connectivity index (χ0n) is 10.8. The third-order valence-electron chi connectivity index (χ3n) is 3.26. The molecule has 1 heterocycles. The highest BCUT2D eigenvalue weighted by Crippen LogP contribution is 2.34. The summed E-state index contributed by atoms with van der Waals surface area (Å²) in [5.41, 5.74) is 1.38. The van der Waals surface area contributed by atoms with Crippen LogP contribution in [0.4, 0.5) is 11.4 Å². The SMILES string of the molecule is CS(=O)c1cnc2ccc([N+](=O)[O-])cc2c1NC1CC1. The highest BCUT2D eigenvalue weighted by atomic mass is 32.2. The molecular weight excluding hydrogens is 278 g/mol. The van der Waals surface area contributed by atoms with E-state index in [2.05, 4.69) is 10.3 Å². The van der Waals surface area contributed by atoms with Crippen molar-refractivity contribution in [2.45, 2.75) is 23.8 Å². The van der Waals surface area contributed by atoms with Crippen molar-refractivity contribution < 1.29 is 9.13 Å². The van der Waals surface area contributed by atoms with Gasteiger partial charge in [0.05, 0.1) is 31.8 Å². The number of nitrogens with one attached hydrogen (secondary N) is 1. The molecule has 1 aliphatic carbocycles. The highest BCUT2D eigenvalue weighted by Gasteiger charge is 2.24. The molecule has 0 spiro atoms. The summed E-state index contributed by atoms with van der Waals surface area (Å²) in [6.07, 6.45) is 5.29. The van der Waals surface area contributed by atoms with Crippen LogP contribution >= 0.6 is 0 Å². The van der Waals surface area contributed by atoms with Gasteiger partial charge in [-0.25, -0.2) is 0 Å². The van der Waals surface area contributed by atoms with E-state index in [1.807, 2.05) is 0 Å². The van der Waals surface area contributed by atoms with Crippen LogP contribution in [0.5, 0.6) is 0 Å². The number of pyridine rings is 1. The summed E-state index contributed by atoms with van der Waals surface area (Å²) in [7, 11) is -1.20. The van der Waals surface area contributed by atoms with Crippen molar-refractivity contribution in [3.05, 3.63) is 34.5 Å². The minimum absolute atomic E-state index is 0.0113. The van der Waals surface area contributed by atoms with Gasteiger partial charge in [0.15, 0.2) is 0 Å². The van der Waals surface area contributed by atoms with Gasteiger partial charge in [0.2, 0.25) is 0 Å². The van der Waals surface area contributed by atoms with Crippen LogP contribution in [0.3, 0.4) is 0 Å². The molecule has 1 aliphatic rings. The second-order valence-electron chi connectivity index (χ2n) is 4.83. The van der Waals surface area contributed by atoms with E-state index < -0.39 is 15.7 Å². The van der Waals surface area contributed by atoms with Gasteiger partial charge in [-0.05, 0) is 18.9 Å². The van der Waals surface area contributed by atoms with Gasteiger partial charge in [0.1, 0.15) is 0 Å². The van der Waals surface area contributed by atoms with E-state index in [0.29, 0.717) is 27.5 Å². The number of rotatable bonds is 4. The number of hydrogen-bond donors (Lipinski definition) is 1. The predicted octanol–water partition coefficient (Wildman–Crippen LogP) is 2.45. The maximum Gasteiger partial charge on any atom is 0.270 e. The minimum atomic E-state index is -1.20. The maximum atomic E-state index is 11.8. The average Bonchev–Trinajstić information content (AvgIpc) is 3.22. The van der Waals surface area contributed by atoms with Crippen LogP contribution in [0.2, 0.25) is 0 Å². The Hall–Kier alpha value is -2.02. The van der Waals surface area contributed by atoms with Crippen LogP contribution in [0, 0.1) is 10.1 Å². The van der Waals surface area contributed by atoms with Crippen LogP contribution in [0.1, 0.15) is 12.8 Å². The van der Waals surface area contributed by atoms with Gasteiger partial charge >= 0.3 is 0 Å². The van der Waals surface area contributed by atoms with Crippen LogP contribution in [-0.2, 0) is 10.8 Å². The summed E-state index contributed by atoms with van der Waals surface area (Å²) >= 11 is 0. The lowest BCUT2D eigenvalue weighted by Gasteiger charge is -2.12. The standard InChI is InChI=1S/C13H13N3O3S/c1-20(19)12-7-14-11-5-4-9(16(17)18)6-10(11)13(12)15-8-2-3-8/h4-8H,2-3H2,1H3,(H,14,15). The summed E-state index contributed by atoms with van der Waals surface area (Å²) < 4.78 is 11.8. The molecule has 0 amide bonds. The first kappa shape index (κ1) is 13.0. The molecule has 1 N–H and O–H groups in total. The summed E-state index contributed by atoms with van der Waals surface area (Å²) in [4.78, 5) is 15.3. The Bertz CT molecular complexity index is 723. The van der Waals surface area contributed by atoms with Crippen molar-refractivity contribution >= 4 is 33.1 Å². The van der Waals surface area contributed by atoms with Gasteiger partial charge in [0, 0.05) is 36.0 Å². The lowest BCUT2D eigenvalue weighted by molar-refractivity contribution is -0.384. The molecule has 0 bridgehead atoms. The minimum Gasteiger partial charge on any atom is -0.381 e. The number of anilines is 1. The Kier molecular flexibility index (Phi) is 3.13. The average molecular weight is 291 g/mol. The van der Waals surface area contributed by atoms with Crippen molar-refractivity contribution in [3.63, 3.8) is 0 Å². The molecular formula is C13H13N3O3S. The Balaban J connectivity index is 2.24. The second-order valence-corrected chi connectivity index (χ2v) is 6.18. The second kappa shape index (κ2) is 4.82. The maximum absolute atomic E-state index is 11.8. The van der Waals surface area contributed by atoms with E-state index in [4.69, 9.17) is 0 Å². The van der Waals surface area contributed by atoms with Crippen molar-refractivity contribution in [2.75, 3.05) is 11.6 Å². The van der Waals surface area contributed by atoms with Crippen molar-refractivity contribution in [1.82, 2.24) is 4.98 Å². The van der Waals surface area contributed by atoms with Crippen molar-refractivity contribution in [2.24, 2.45) is 0 Å². The van der Waals surface area contributed by atoms with Crippen LogP contribution in [0.25, 0.3) is 10.9 Å². The fraction of sp³-hybridized carbons (Fsp3) is 0.308. The third kappa shape index (κ3) is 2.36. The first-order chi connectivity index (χ1) is 9.56. The summed E-state index contributed by atoms with van der Waals surface area (Å²) in [6, 6.07) is 4.90. The smallest absolute Gasteiger partial charge is 0.270 e. The van der Waals surface area contributed by atoms with E-state index in [-0.39, 0.29) is 5.69 Å². The summed E-state index contributed by atoms with van der Waals surface area (Å²) in [5, 5.41) is 14.9. The van der Waals surface area contributed by atoms with Gasteiger partial charge in [-0.3, -0.25) is 19.3 Å². The molecule has 1 unspecified atom stereocenters. The molecule has 0 aliphatic heterocycles. The predicted molar refractivity (Wildman–Crippen MR) is 77.4 cm³/mol. The lowest BCUT2D eigenvalue weighted by atomic mass is 10.1. The molecule has 1 aromatic heterocycles. The highest BCUT2D eigenvalue weighted by molar-refractivity contribution is 7.84. The van der Waals surface area contributed by atoms with Gasteiger partial charge in [0.25, 0.3) is 5.69 Å². The number of benzene rings is 1. The van der Waals surface area contributed by atoms with Crippen LogP contribution < -0.4 is 5.32 Å². The van der Waals surface area contributed by atoms with Crippen LogP contribution in [-0.4, -0.2) is 26.4 Å². The molecule has 0 radical (unpaired) electrons. The molecule has 6 nitrogen and oxygen atoms in total. The number of aromatic nitrogens is 1. The number of fused-ring (bicyclic) bond motifs is 1. The van der Waals surface area contributed by atoms with Gasteiger partial charge < -0.3 is 5.32 Å². The van der Waals surface area contributed by atoms with E-state index >= 15 is 0 Å². The number of nitro groups is 1. The molecule has 1 atom stereocenters. The van der Waals surface area contributed by atoms with E-state index in [0.717, 1.165) is 12.8 Å². The zero-order valence-corrected chi connectivity index (χ0v) is 11.6. The molecule has 7 heteroatoms. The van der Waals surface area contributed by atoms with Gasteiger partial charge in [-0.1, -0.05) is 0 Å². The van der Waals surface area contributed by atoms with Crippen molar-refractivity contribution in [3.8, 4) is 0 Å². The summed E-state index contributed by atoms with van der Waals surface area (Å²) in [5.74, 6) is 0. The monoisotopic (exact) mass is 291 g/mol. The molecule has 20 heavy (non-hydrogen) atoms. The molecule has 104 valence electrons. The van der Waals surface area contributed by atoms with E-state index in [9.17, 15) is 14.3 Å².